The second-order valence-electron chi connectivity index (χ2n) is 2.53. The predicted molar refractivity (Wildman–Crippen MR) is 51.0 cm³/mol. The fraction of sp³-hybridized carbons (Fsp3) is 0.667. The molecule has 0 fully saturated rings. The molecule has 3 nitrogen and oxygen atoms in total. The molecule has 0 saturated carbocycles. The van der Waals surface area contributed by atoms with Gasteiger partial charge in [0.2, 0.25) is 0 Å². The lowest BCUT2D eigenvalue weighted by Gasteiger charge is -2.14. The van der Waals surface area contributed by atoms with E-state index in [0.717, 1.165) is 13.1 Å². The fourth-order valence-electron chi connectivity index (χ4n) is 0.856. The third-order valence-electron chi connectivity index (χ3n) is 1.63. The Labute approximate surface area is 74.4 Å². The van der Waals surface area contributed by atoms with Gasteiger partial charge in [0.1, 0.15) is 0 Å². The maximum atomic E-state index is 11.0. The Kier molecular flexibility index (Phi) is 6.38. The molecule has 0 aliphatic heterocycles. The smallest absolute Gasteiger partial charge is 0.170 e. The van der Waals surface area contributed by atoms with Crippen LogP contribution < -0.4 is 5.32 Å². The van der Waals surface area contributed by atoms with Gasteiger partial charge in [-0.3, -0.25) is 4.79 Å². The number of rotatable bonds is 6. The highest BCUT2D eigenvalue weighted by Gasteiger charge is 1.94. The van der Waals surface area contributed by atoms with Gasteiger partial charge in [-0.15, -0.1) is 0 Å². The Hall–Kier alpha value is -0.830. The summed E-state index contributed by atoms with van der Waals surface area (Å²) in [5.41, 5.74) is 0. The molecule has 0 unspecified atom stereocenters. The SMILES string of the molecule is CCN(/C=C/C(=O)CNC)CC. The van der Waals surface area contributed by atoms with Crippen molar-refractivity contribution in [2.45, 2.75) is 13.8 Å². The van der Waals surface area contributed by atoms with E-state index in [9.17, 15) is 4.79 Å². The summed E-state index contributed by atoms with van der Waals surface area (Å²) in [5, 5.41) is 2.81. The van der Waals surface area contributed by atoms with Crippen molar-refractivity contribution in [3.05, 3.63) is 12.3 Å². The highest BCUT2D eigenvalue weighted by Crippen LogP contribution is 1.88. The minimum absolute atomic E-state index is 0.115. The number of hydrogen-bond acceptors (Lipinski definition) is 3. The zero-order chi connectivity index (χ0) is 9.40. The van der Waals surface area contributed by atoms with E-state index < -0.39 is 0 Å². The number of hydrogen-bond donors (Lipinski definition) is 1. The van der Waals surface area contributed by atoms with E-state index in [1.165, 1.54) is 0 Å². The van der Waals surface area contributed by atoms with Crippen molar-refractivity contribution in [3.8, 4) is 0 Å². The van der Waals surface area contributed by atoms with Gasteiger partial charge in [0, 0.05) is 19.3 Å². The number of carbonyl (C=O) groups excluding carboxylic acids is 1. The van der Waals surface area contributed by atoms with Gasteiger partial charge in [-0.2, -0.15) is 0 Å². The fourth-order valence-corrected chi connectivity index (χ4v) is 0.856. The number of carbonyl (C=O) groups is 1. The molecule has 1 N–H and O–H groups in total. The summed E-state index contributed by atoms with van der Waals surface area (Å²) in [7, 11) is 1.77. The summed E-state index contributed by atoms with van der Waals surface area (Å²) in [6.07, 6.45) is 3.46. The molecule has 0 radical (unpaired) electrons. The van der Waals surface area contributed by atoms with Gasteiger partial charge >= 0.3 is 0 Å². The second kappa shape index (κ2) is 6.85. The Morgan fingerprint density at radius 2 is 2.00 bits per heavy atom. The third kappa shape index (κ3) is 4.91. The highest BCUT2D eigenvalue weighted by atomic mass is 16.1. The largest absolute Gasteiger partial charge is 0.378 e. The number of nitrogens with one attached hydrogen (secondary N) is 1. The van der Waals surface area contributed by atoms with Crippen LogP contribution in [0.5, 0.6) is 0 Å². The van der Waals surface area contributed by atoms with Crippen LogP contribution in [0.25, 0.3) is 0 Å². The van der Waals surface area contributed by atoms with Crippen LogP contribution >= 0.6 is 0 Å². The molecule has 0 aromatic heterocycles. The van der Waals surface area contributed by atoms with Crippen molar-refractivity contribution in [3.63, 3.8) is 0 Å². The van der Waals surface area contributed by atoms with Crippen LogP contribution in [0, 0.1) is 0 Å². The van der Waals surface area contributed by atoms with E-state index in [-0.39, 0.29) is 5.78 Å². The molecule has 0 bridgehead atoms. The normalized spacial score (nSPS) is 10.6. The van der Waals surface area contributed by atoms with Gasteiger partial charge in [0.15, 0.2) is 5.78 Å². The van der Waals surface area contributed by atoms with E-state index in [2.05, 4.69) is 24.1 Å². The summed E-state index contributed by atoms with van der Waals surface area (Å²) < 4.78 is 0. The molecule has 0 atom stereocenters. The first kappa shape index (κ1) is 11.2. The van der Waals surface area contributed by atoms with Gasteiger partial charge < -0.3 is 10.2 Å². The van der Waals surface area contributed by atoms with Crippen molar-refractivity contribution in [1.29, 1.82) is 0 Å². The minimum atomic E-state index is 0.115. The monoisotopic (exact) mass is 170 g/mol. The van der Waals surface area contributed by atoms with Crippen molar-refractivity contribution in [2.24, 2.45) is 0 Å². The van der Waals surface area contributed by atoms with Crippen LogP contribution in [-0.4, -0.2) is 37.4 Å². The first-order chi connectivity index (χ1) is 5.74. The Morgan fingerprint density at radius 3 is 2.42 bits per heavy atom. The Bertz CT molecular complexity index is 151. The maximum absolute atomic E-state index is 11.0. The molecule has 70 valence electrons. The number of ketones is 1. The van der Waals surface area contributed by atoms with E-state index in [1.54, 1.807) is 13.1 Å². The molecule has 0 rings (SSSR count). The zero-order valence-corrected chi connectivity index (χ0v) is 8.13. The third-order valence-corrected chi connectivity index (χ3v) is 1.63. The number of likely N-dealkylation sites (N-methyl/N-ethyl adjacent to an activating group) is 1. The summed E-state index contributed by atoms with van der Waals surface area (Å²) in [6, 6.07) is 0. The van der Waals surface area contributed by atoms with Gasteiger partial charge in [0.05, 0.1) is 6.54 Å². The van der Waals surface area contributed by atoms with Crippen LogP contribution in [0.4, 0.5) is 0 Å². The number of nitrogens with zero attached hydrogens (tertiary/aromatic N) is 1. The molecule has 0 heterocycles. The highest BCUT2D eigenvalue weighted by molar-refractivity contribution is 5.91. The summed E-state index contributed by atoms with van der Waals surface area (Å²) in [6.45, 7) is 6.43. The van der Waals surface area contributed by atoms with Crippen LogP contribution in [0.3, 0.4) is 0 Å². The molecule has 0 spiro atoms. The lowest BCUT2D eigenvalue weighted by Crippen LogP contribution is -2.19. The molecule has 0 aromatic rings. The molecule has 3 heteroatoms. The molecule has 0 aliphatic carbocycles. The van der Waals surface area contributed by atoms with Crippen LogP contribution in [-0.2, 0) is 4.79 Å². The van der Waals surface area contributed by atoms with E-state index in [1.807, 2.05) is 6.20 Å². The van der Waals surface area contributed by atoms with Crippen LogP contribution in [0.1, 0.15) is 13.8 Å². The average Bonchev–Trinajstić information content (AvgIpc) is 2.07. The first-order valence-electron chi connectivity index (χ1n) is 4.34. The van der Waals surface area contributed by atoms with Crippen molar-refractivity contribution < 1.29 is 4.79 Å². The molecule has 0 saturated heterocycles. The molecule has 12 heavy (non-hydrogen) atoms. The Balaban J connectivity index is 3.78. The van der Waals surface area contributed by atoms with Crippen LogP contribution in [0.15, 0.2) is 12.3 Å². The van der Waals surface area contributed by atoms with Crippen molar-refractivity contribution in [2.75, 3.05) is 26.7 Å². The average molecular weight is 170 g/mol. The molecule has 0 aliphatic rings. The van der Waals surface area contributed by atoms with E-state index in [4.69, 9.17) is 0 Å². The van der Waals surface area contributed by atoms with Gasteiger partial charge in [-0.25, -0.2) is 0 Å². The zero-order valence-electron chi connectivity index (χ0n) is 8.13. The first-order valence-corrected chi connectivity index (χ1v) is 4.34. The van der Waals surface area contributed by atoms with Gasteiger partial charge in [0.25, 0.3) is 0 Å². The Morgan fingerprint density at radius 1 is 1.42 bits per heavy atom. The second-order valence-corrected chi connectivity index (χ2v) is 2.53. The quantitative estimate of drug-likeness (QED) is 0.593. The molecular formula is C9H18N2O. The molecular weight excluding hydrogens is 152 g/mol. The van der Waals surface area contributed by atoms with Crippen molar-refractivity contribution in [1.82, 2.24) is 10.2 Å². The lowest BCUT2D eigenvalue weighted by atomic mass is 10.3. The standard InChI is InChI=1S/C9H18N2O/c1-4-11(5-2)7-6-9(12)8-10-3/h6-7,10H,4-5,8H2,1-3H3/b7-6+. The van der Waals surface area contributed by atoms with Crippen molar-refractivity contribution >= 4 is 5.78 Å². The molecule has 0 amide bonds. The summed E-state index contributed by atoms with van der Waals surface area (Å²) in [4.78, 5) is 13.1. The van der Waals surface area contributed by atoms with Gasteiger partial charge in [-0.05, 0) is 27.0 Å². The minimum Gasteiger partial charge on any atom is -0.378 e. The predicted octanol–water partition coefficient (Wildman–Crippen LogP) is 0.630. The van der Waals surface area contributed by atoms with E-state index >= 15 is 0 Å². The topological polar surface area (TPSA) is 32.3 Å². The summed E-state index contributed by atoms with van der Waals surface area (Å²) >= 11 is 0. The summed E-state index contributed by atoms with van der Waals surface area (Å²) in [5.74, 6) is 0.115. The van der Waals surface area contributed by atoms with Crippen LogP contribution in [0.2, 0.25) is 0 Å². The van der Waals surface area contributed by atoms with E-state index in [0.29, 0.717) is 6.54 Å². The molecule has 0 aromatic carbocycles. The van der Waals surface area contributed by atoms with Gasteiger partial charge in [-0.1, -0.05) is 0 Å². The lowest BCUT2D eigenvalue weighted by molar-refractivity contribution is -0.113. The maximum Gasteiger partial charge on any atom is 0.170 e.